The van der Waals surface area contributed by atoms with Crippen LogP contribution in [0.4, 0.5) is 0 Å². The van der Waals surface area contributed by atoms with Crippen LogP contribution in [0.2, 0.25) is 0 Å². The van der Waals surface area contributed by atoms with E-state index in [0.717, 1.165) is 25.7 Å². The molecular weight excluding hydrogens is 326 g/mol. The molecule has 1 N–H and O–H groups in total. The van der Waals surface area contributed by atoms with Gasteiger partial charge < -0.3 is 10.0 Å². The molecule has 1 aliphatic heterocycles. The average Bonchev–Trinajstić information content (AvgIpc) is 2.89. The van der Waals surface area contributed by atoms with Crippen molar-refractivity contribution >= 4 is 33.1 Å². The van der Waals surface area contributed by atoms with Crippen LogP contribution >= 0.6 is 11.3 Å². The predicted octanol–water partition coefficient (Wildman–Crippen LogP) is 0.951. The average molecular weight is 343 g/mol. The zero-order valence-electron chi connectivity index (χ0n) is 11.9. The SMILES string of the molecule is O=C(O)C1CS(=O)(=O)CCN1C(=O)c1cc2c(s1)CCCC2. The van der Waals surface area contributed by atoms with Crippen molar-refractivity contribution in [2.24, 2.45) is 0 Å². The Morgan fingerprint density at radius 3 is 2.68 bits per heavy atom. The van der Waals surface area contributed by atoms with Crippen LogP contribution in [-0.2, 0) is 27.5 Å². The number of nitrogens with zero attached hydrogens (tertiary/aromatic N) is 1. The van der Waals surface area contributed by atoms with E-state index < -0.39 is 27.6 Å². The first-order valence-electron chi connectivity index (χ1n) is 7.23. The molecule has 3 rings (SSSR count). The van der Waals surface area contributed by atoms with Crippen LogP contribution < -0.4 is 0 Å². The third-order valence-electron chi connectivity index (χ3n) is 4.18. The molecule has 1 fully saturated rings. The molecule has 2 heterocycles. The highest BCUT2D eigenvalue weighted by Crippen LogP contribution is 2.31. The molecule has 1 aliphatic carbocycles. The van der Waals surface area contributed by atoms with Crippen LogP contribution in [0, 0.1) is 0 Å². The number of aliphatic carboxylic acids is 1. The smallest absolute Gasteiger partial charge is 0.327 e. The lowest BCUT2D eigenvalue weighted by Gasteiger charge is -2.32. The number of sulfone groups is 1. The van der Waals surface area contributed by atoms with Crippen molar-refractivity contribution in [3.8, 4) is 0 Å². The lowest BCUT2D eigenvalue weighted by molar-refractivity contribution is -0.141. The number of carboxylic acids is 1. The largest absolute Gasteiger partial charge is 0.480 e. The number of carbonyl (C=O) groups is 2. The lowest BCUT2D eigenvalue weighted by atomic mass is 9.99. The maximum Gasteiger partial charge on any atom is 0.327 e. The maximum absolute atomic E-state index is 12.6. The van der Waals surface area contributed by atoms with Gasteiger partial charge in [-0.2, -0.15) is 0 Å². The van der Waals surface area contributed by atoms with Crippen LogP contribution in [0.3, 0.4) is 0 Å². The normalized spacial score (nSPS) is 23.8. The van der Waals surface area contributed by atoms with E-state index in [4.69, 9.17) is 0 Å². The highest BCUT2D eigenvalue weighted by molar-refractivity contribution is 7.91. The molecule has 0 radical (unpaired) electrons. The van der Waals surface area contributed by atoms with E-state index in [-0.39, 0.29) is 18.2 Å². The zero-order chi connectivity index (χ0) is 15.9. The topological polar surface area (TPSA) is 91.8 Å². The van der Waals surface area contributed by atoms with Crippen molar-refractivity contribution in [2.45, 2.75) is 31.7 Å². The minimum Gasteiger partial charge on any atom is -0.480 e. The van der Waals surface area contributed by atoms with Crippen molar-refractivity contribution in [3.05, 3.63) is 21.4 Å². The Morgan fingerprint density at radius 1 is 1.27 bits per heavy atom. The summed E-state index contributed by atoms with van der Waals surface area (Å²) in [6.45, 7) is -0.0549. The van der Waals surface area contributed by atoms with Crippen molar-refractivity contribution < 1.29 is 23.1 Å². The van der Waals surface area contributed by atoms with Crippen LogP contribution in [0.5, 0.6) is 0 Å². The first-order valence-corrected chi connectivity index (χ1v) is 9.87. The first-order chi connectivity index (χ1) is 10.4. The van der Waals surface area contributed by atoms with Gasteiger partial charge in [-0.25, -0.2) is 13.2 Å². The van der Waals surface area contributed by atoms with Gasteiger partial charge >= 0.3 is 5.97 Å². The Morgan fingerprint density at radius 2 is 2.00 bits per heavy atom. The van der Waals surface area contributed by atoms with E-state index in [1.807, 2.05) is 6.07 Å². The van der Waals surface area contributed by atoms with E-state index in [1.165, 1.54) is 26.7 Å². The Bertz CT molecular complexity index is 698. The second-order valence-electron chi connectivity index (χ2n) is 5.73. The van der Waals surface area contributed by atoms with Gasteiger partial charge in [0.1, 0.15) is 6.04 Å². The molecule has 120 valence electrons. The Kier molecular flexibility index (Phi) is 3.98. The molecule has 1 unspecified atom stereocenters. The van der Waals surface area contributed by atoms with Crippen LogP contribution in [0.15, 0.2) is 6.07 Å². The molecule has 0 bridgehead atoms. The summed E-state index contributed by atoms with van der Waals surface area (Å²) in [5.41, 5.74) is 1.18. The molecule has 8 heteroatoms. The molecule has 1 atom stereocenters. The van der Waals surface area contributed by atoms with Crippen molar-refractivity contribution in [2.75, 3.05) is 18.1 Å². The molecule has 1 amide bonds. The number of hydrogen-bond acceptors (Lipinski definition) is 5. The van der Waals surface area contributed by atoms with Gasteiger partial charge in [-0.15, -0.1) is 11.3 Å². The van der Waals surface area contributed by atoms with Gasteiger partial charge in [-0.1, -0.05) is 0 Å². The molecule has 22 heavy (non-hydrogen) atoms. The Labute approximate surface area is 132 Å². The lowest BCUT2D eigenvalue weighted by Crippen LogP contribution is -2.54. The summed E-state index contributed by atoms with van der Waals surface area (Å²) < 4.78 is 23.3. The summed E-state index contributed by atoms with van der Waals surface area (Å²) in [6, 6.07) is 0.564. The van der Waals surface area contributed by atoms with Gasteiger partial charge in [0.15, 0.2) is 9.84 Å². The summed E-state index contributed by atoms with van der Waals surface area (Å²) in [5.74, 6) is -2.30. The Balaban J connectivity index is 1.87. The highest BCUT2D eigenvalue weighted by atomic mass is 32.2. The van der Waals surface area contributed by atoms with Gasteiger partial charge in [-0.05, 0) is 37.3 Å². The number of aryl methyl sites for hydroxylation is 2. The van der Waals surface area contributed by atoms with Crippen molar-refractivity contribution in [1.29, 1.82) is 0 Å². The number of carboxylic acid groups (broad SMARTS) is 1. The second kappa shape index (κ2) is 5.66. The minimum atomic E-state index is -3.40. The monoisotopic (exact) mass is 343 g/mol. The van der Waals surface area contributed by atoms with Gasteiger partial charge in [0, 0.05) is 11.4 Å². The fraction of sp³-hybridized carbons (Fsp3) is 0.571. The summed E-state index contributed by atoms with van der Waals surface area (Å²) in [5, 5.41) is 9.24. The fourth-order valence-corrected chi connectivity index (χ4v) is 5.65. The maximum atomic E-state index is 12.6. The van der Waals surface area contributed by atoms with Gasteiger partial charge in [0.25, 0.3) is 5.91 Å². The number of thiophene rings is 1. The number of carbonyl (C=O) groups excluding carboxylic acids is 1. The van der Waals surface area contributed by atoms with Crippen LogP contribution in [0.25, 0.3) is 0 Å². The molecule has 0 spiro atoms. The number of hydrogen-bond donors (Lipinski definition) is 1. The van der Waals surface area contributed by atoms with E-state index in [2.05, 4.69) is 0 Å². The quantitative estimate of drug-likeness (QED) is 0.863. The number of rotatable bonds is 2. The van der Waals surface area contributed by atoms with Crippen LogP contribution in [-0.4, -0.2) is 54.4 Å². The number of fused-ring (bicyclic) bond motifs is 1. The molecule has 0 aromatic carbocycles. The zero-order valence-corrected chi connectivity index (χ0v) is 13.6. The summed E-state index contributed by atoms with van der Waals surface area (Å²) in [6.07, 6.45) is 4.14. The van der Waals surface area contributed by atoms with Gasteiger partial charge in [0.05, 0.1) is 16.4 Å². The van der Waals surface area contributed by atoms with E-state index in [0.29, 0.717) is 4.88 Å². The second-order valence-corrected chi connectivity index (χ2v) is 9.10. The number of amides is 1. The molecule has 1 aromatic rings. The molecule has 1 aromatic heterocycles. The van der Waals surface area contributed by atoms with Crippen molar-refractivity contribution in [1.82, 2.24) is 4.90 Å². The summed E-state index contributed by atoms with van der Waals surface area (Å²) >= 11 is 1.42. The van der Waals surface area contributed by atoms with E-state index >= 15 is 0 Å². The fourth-order valence-electron chi connectivity index (χ4n) is 2.99. The van der Waals surface area contributed by atoms with Crippen LogP contribution in [0.1, 0.15) is 33.0 Å². The third kappa shape index (κ3) is 2.89. The molecular formula is C14H17NO5S2. The van der Waals surface area contributed by atoms with E-state index in [9.17, 15) is 23.1 Å². The third-order valence-corrected chi connectivity index (χ3v) is 7.04. The summed E-state index contributed by atoms with van der Waals surface area (Å²) in [7, 11) is -3.40. The molecule has 0 saturated carbocycles. The van der Waals surface area contributed by atoms with Crippen molar-refractivity contribution in [3.63, 3.8) is 0 Å². The minimum absolute atomic E-state index is 0.0549. The molecule has 2 aliphatic rings. The van der Waals surface area contributed by atoms with E-state index in [1.54, 1.807) is 0 Å². The molecule has 6 nitrogen and oxygen atoms in total. The predicted molar refractivity (Wildman–Crippen MR) is 82.1 cm³/mol. The first kappa shape index (κ1) is 15.5. The molecule has 1 saturated heterocycles. The standard InChI is InChI=1S/C14H17NO5S2/c16-13(12-7-9-3-1-2-4-11(9)21-12)15-5-6-22(19,20)8-10(15)14(17)18/h7,10H,1-6,8H2,(H,17,18). The Hall–Kier alpha value is -1.41. The van der Waals surface area contributed by atoms with Gasteiger partial charge in [0.2, 0.25) is 0 Å². The highest BCUT2D eigenvalue weighted by Gasteiger charge is 2.39. The summed E-state index contributed by atoms with van der Waals surface area (Å²) in [4.78, 5) is 26.9. The van der Waals surface area contributed by atoms with Gasteiger partial charge in [-0.3, -0.25) is 4.79 Å².